The summed E-state index contributed by atoms with van der Waals surface area (Å²) < 4.78 is 20.4. The minimum absolute atomic E-state index is 0.144. The summed E-state index contributed by atoms with van der Waals surface area (Å²) in [6.45, 7) is 5.45. The van der Waals surface area contributed by atoms with Gasteiger partial charge in [-0.3, -0.25) is 0 Å². The van der Waals surface area contributed by atoms with Crippen LogP contribution in [0, 0.1) is 0 Å². The van der Waals surface area contributed by atoms with Crippen molar-refractivity contribution in [1.29, 1.82) is 0 Å². The highest BCUT2D eigenvalue weighted by Gasteiger charge is 2.41. The Kier molecular flexibility index (Phi) is 8.42. The molecule has 3 rings (SSSR count). The molecule has 0 bridgehead atoms. The van der Waals surface area contributed by atoms with Crippen molar-refractivity contribution in [3.05, 3.63) is 60.4 Å². The molecular weight excluding hydrogens is 494 g/mol. The van der Waals surface area contributed by atoms with Gasteiger partial charge in [0.1, 0.15) is 34.7 Å². The zero-order chi connectivity index (χ0) is 28.1. The van der Waals surface area contributed by atoms with Crippen molar-refractivity contribution >= 4 is 29.7 Å². The fraction of sp³-hybridized carbons (Fsp3) is 0.333. The summed E-state index contributed by atoms with van der Waals surface area (Å²) in [5.41, 5.74) is -0.137. The molecule has 38 heavy (non-hydrogen) atoms. The molecule has 1 atom stereocenters. The third-order valence-corrected chi connectivity index (χ3v) is 5.63. The Hall–Kier alpha value is -4.38. The molecule has 11 nitrogen and oxygen atoms in total. The maximum Gasteiger partial charge on any atom is 0.410 e. The first-order chi connectivity index (χ1) is 17.9. The molecule has 0 saturated carbocycles. The number of ether oxygens (including phenoxy) is 4. The third-order valence-electron chi connectivity index (χ3n) is 5.63. The Bertz CT molecular complexity index is 1240. The molecule has 2 aromatic rings. The first-order valence-corrected chi connectivity index (χ1v) is 11.7. The Morgan fingerprint density at radius 1 is 0.974 bits per heavy atom. The van der Waals surface area contributed by atoms with E-state index in [9.17, 15) is 19.5 Å². The van der Waals surface area contributed by atoms with E-state index in [1.165, 1.54) is 67.9 Å². The van der Waals surface area contributed by atoms with Gasteiger partial charge < -0.3 is 33.7 Å². The first kappa shape index (κ1) is 28.2. The number of nitrogens with zero attached hydrogens (tertiary/aromatic N) is 3. The third kappa shape index (κ3) is 6.30. The molecule has 0 aliphatic carbocycles. The van der Waals surface area contributed by atoms with E-state index in [0.29, 0.717) is 17.2 Å². The monoisotopic (exact) mass is 525 g/mol. The number of amides is 2. The van der Waals surface area contributed by atoms with Gasteiger partial charge in [0, 0.05) is 31.8 Å². The van der Waals surface area contributed by atoms with Gasteiger partial charge in [-0.1, -0.05) is 0 Å². The number of aliphatic imine (C=N–C) groups is 1. The lowest BCUT2D eigenvalue weighted by molar-refractivity contribution is -0.257. The Balaban J connectivity index is 1.76. The summed E-state index contributed by atoms with van der Waals surface area (Å²) in [7, 11) is 4.50. The van der Waals surface area contributed by atoms with E-state index in [-0.39, 0.29) is 30.1 Å². The fourth-order valence-electron chi connectivity index (χ4n) is 3.68. The highest BCUT2D eigenvalue weighted by Crippen LogP contribution is 2.32. The predicted octanol–water partition coefficient (Wildman–Crippen LogP) is 3.71. The number of carbonyl (C=O) groups is 3. The lowest BCUT2D eigenvalue weighted by Gasteiger charge is -2.32. The summed E-state index contributed by atoms with van der Waals surface area (Å²) in [5, 5.41) is 12.4. The smallest absolute Gasteiger partial charge is 0.410 e. The molecule has 0 aromatic heterocycles. The Labute approximate surface area is 221 Å². The van der Waals surface area contributed by atoms with Crippen molar-refractivity contribution in [2.75, 3.05) is 27.8 Å². The maximum atomic E-state index is 12.7. The van der Waals surface area contributed by atoms with Crippen LogP contribution in [0.15, 0.2) is 59.9 Å². The van der Waals surface area contributed by atoms with Crippen LogP contribution in [-0.4, -0.2) is 62.3 Å². The minimum Gasteiger partial charge on any atom is -0.497 e. The van der Waals surface area contributed by atoms with E-state index >= 15 is 0 Å². The number of amidine groups is 1. The van der Waals surface area contributed by atoms with Crippen molar-refractivity contribution in [2.24, 2.45) is 4.99 Å². The van der Waals surface area contributed by atoms with Crippen LogP contribution in [0.25, 0.3) is 0 Å². The normalized spacial score (nSPS) is 16.4. The van der Waals surface area contributed by atoms with Gasteiger partial charge in [-0.25, -0.2) is 14.6 Å². The Morgan fingerprint density at radius 3 is 2.11 bits per heavy atom. The lowest BCUT2D eigenvalue weighted by Crippen LogP contribution is -2.59. The second-order valence-electron chi connectivity index (χ2n) is 9.47. The van der Waals surface area contributed by atoms with Crippen LogP contribution in [0.2, 0.25) is 0 Å². The zero-order valence-corrected chi connectivity index (χ0v) is 22.2. The average molecular weight is 526 g/mol. The average Bonchev–Trinajstić information content (AvgIpc) is 3.31. The molecule has 2 amide bonds. The number of methoxy groups -OCH3 is 2. The van der Waals surface area contributed by atoms with Crippen molar-refractivity contribution in [1.82, 2.24) is 9.38 Å². The van der Waals surface area contributed by atoms with Crippen LogP contribution in [0.1, 0.15) is 37.6 Å². The van der Waals surface area contributed by atoms with Gasteiger partial charge in [-0.2, -0.15) is 4.48 Å². The number of quaternary nitrogens is 1. The van der Waals surface area contributed by atoms with Crippen LogP contribution in [0.4, 0.5) is 15.3 Å². The molecule has 0 radical (unpaired) electrons. The second-order valence-corrected chi connectivity index (χ2v) is 9.47. The molecule has 0 spiro atoms. The molecule has 0 N–H and O–H groups in total. The summed E-state index contributed by atoms with van der Waals surface area (Å²) in [6, 6.07) is 10.6. The van der Waals surface area contributed by atoms with Crippen molar-refractivity contribution in [2.45, 2.75) is 32.8 Å². The number of hydrogen-bond donors (Lipinski definition) is 0. The molecule has 202 valence electrons. The van der Waals surface area contributed by atoms with E-state index in [1.54, 1.807) is 33.9 Å². The molecule has 1 aliphatic rings. The number of carboxylic acid groups (broad SMARTS) is 1. The quantitative estimate of drug-likeness (QED) is 0.290. The summed E-state index contributed by atoms with van der Waals surface area (Å²) in [5.74, 6) is 0.651. The van der Waals surface area contributed by atoms with Crippen molar-refractivity contribution < 1.29 is 38.4 Å². The minimum atomic E-state index is -1.43. The highest BCUT2D eigenvalue weighted by molar-refractivity contribution is 6.10. The zero-order valence-electron chi connectivity index (χ0n) is 22.2. The molecule has 1 unspecified atom stereocenters. The van der Waals surface area contributed by atoms with E-state index in [2.05, 4.69) is 4.99 Å². The fourth-order valence-corrected chi connectivity index (χ4v) is 3.68. The predicted molar refractivity (Wildman–Crippen MR) is 138 cm³/mol. The van der Waals surface area contributed by atoms with Gasteiger partial charge in [-0.05, 0) is 45.0 Å². The topological polar surface area (TPSA) is 127 Å². The van der Waals surface area contributed by atoms with Crippen LogP contribution in [-0.2, 0) is 4.74 Å². The number of esters is 1. The van der Waals surface area contributed by atoms with Crippen molar-refractivity contribution in [3.63, 3.8) is 0 Å². The molecular formula is C27H31N3O8. The van der Waals surface area contributed by atoms with E-state index in [1.807, 2.05) is 0 Å². The second kappa shape index (κ2) is 11.3. The van der Waals surface area contributed by atoms with Crippen molar-refractivity contribution in [3.8, 4) is 17.2 Å². The van der Waals surface area contributed by atoms with Gasteiger partial charge in [0.25, 0.3) is 6.09 Å². The van der Waals surface area contributed by atoms with Crippen LogP contribution >= 0.6 is 0 Å². The van der Waals surface area contributed by atoms with Crippen LogP contribution < -0.4 is 23.8 Å². The molecule has 1 aliphatic heterocycles. The van der Waals surface area contributed by atoms with Gasteiger partial charge in [0.2, 0.25) is 5.84 Å². The largest absolute Gasteiger partial charge is 0.497 e. The summed E-state index contributed by atoms with van der Waals surface area (Å²) >= 11 is 0. The van der Waals surface area contributed by atoms with Gasteiger partial charge in [0.15, 0.2) is 0 Å². The number of benzene rings is 2. The first-order valence-electron chi connectivity index (χ1n) is 11.7. The van der Waals surface area contributed by atoms with E-state index in [4.69, 9.17) is 18.9 Å². The Morgan fingerprint density at radius 2 is 1.58 bits per heavy atom. The SMILES string of the molecule is COc1cc(OC)cc(C(=O)Oc2ccc([N+]3(C(=O)[O-])C=CN=C3CCN(C)C(=O)OC(C)(C)C)cc2)c1. The maximum absolute atomic E-state index is 12.7. The number of carbonyl (C=O) groups excluding carboxylic acids is 3. The summed E-state index contributed by atoms with van der Waals surface area (Å²) in [4.78, 5) is 43.0. The van der Waals surface area contributed by atoms with Crippen LogP contribution in [0.5, 0.6) is 17.2 Å². The van der Waals surface area contributed by atoms with E-state index < -0.39 is 28.2 Å². The standard InChI is InChI=1S/C27H31N3O8/c1-27(2,3)38-25(32)29(4)13-11-23-28-12-14-30(23,26(33)34)19-7-9-20(10-8-19)37-24(31)18-15-21(35-5)17-22(16-18)36-6/h7-10,12,14-17H,11,13H2,1-6H3. The summed E-state index contributed by atoms with van der Waals surface area (Å²) in [6.07, 6.45) is 0.941. The highest BCUT2D eigenvalue weighted by atomic mass is 16.6. The van der Waals surface area contributed by atoms with Crippen LogP contribution in [0.3, 0.4) is 0 Å². The molecule has 11 heteroatoms. The number of hydrogen-bond acceptors (Lipinski definition) is 9. The van der Waals surface area contributed by atoms with Gasteiger partial charge in [-0.15, -0.1) is 0 Å². The molecule has 0 fully saturated rings. The van der Waals surface area contributed by atoms with E-state index in [0.717, 1.165) is 0 Å². The molecule has 1 heterocycles. The van der Waals surface area contributed by atoms with Gasteiger partial charge in [0.05, 0.1) is 32.4 Å². The molecule has 0 saturated heterocycles. The van der Waals surface area contributed by atoms with Gasteiger partial charge >= 0.3 is 12.1 Å². The number of rotatable bonds is 8. The lowest BCUT2D eigenvalue weighted by atomic mass is 10.2. The molecule has 2 aromatic carbocycles.